The Balaban J connectivity index is 1.86. The van der Waals surface area contributed by atoms with Gasteiger partial charge in [-0.15, -0.1) is 11.3 Å². The van der Waals surface area contributed by atoms with Crippen LogP contribution >= 0.6 is 27.3 Å². The normalized spacial score (nSPS) is 12.1. The number of pyridine rings is 1. The maximum atomic E-state index is 12.0. The summed E-state index contributed by atoms with van der Waals surface area (Å²) in [6.45, 7) is 0.736. The van der Waals surface area contributed by atoms with Crippen molar-refractivity contribution in [1.29, 1.82) is 0 Å². The Bertz CT molecular complexity index is 575. The molecule has 0 radical (unpaired) electrons. The molecule has 0 aliphatic carbocycles. The molecule has 0 aliphatic heterocycles. The molecule has 0 fully saturated rings. The van der Waals surface area contributed by atoms with E-state index in [0.29, 0.717) is 12.1 Å². The van der Waals surface area contributed by atoms with Gasteiger partial charge in [0.1, 0.15) is 0 Å². The van der Waals surface area contributed by atoms with Crippen LogP contribution in [-0.2, 0) is 0 Å². The molecule has 0 aromatic carbocycles. The molecule has 0 saturated heterocycles. The van der Waals surface area contributed by atoms with E-state index in [2.05, 4.69) is 32.3 Å². The van der Waals surface area contributed by atoms with Crippen molar-refractivity contribution in [3.05, 3.63) is 50.9 Å². The number of carbonyl (C=O) groups is 1. The van der Waals surface area contributed by atoms with Crippen LogP contribution in [0.15, 0.2) is 40.4 Å². The number of aliphatic hydroxyl groups excluding tert-OH is 1. The van der Waals surface area contributed by atoms with E-state index in [0.717, 1.165) is 17.3 Å². The first kappa shape index (κ1) is 16.1. The lowest BCUT2D eigenvalue weighted by Crippen LogP contribution is -2.25. The molecule has 2 heterocycles. The molecule has 0 saturated carbocycles. The van der Waals surface area contributed by atoms with Crippen LogP contribution in [0.2, 0.25) is 0 Å². The van der Waals surface area contributed by atoms with Crippen LogP contribution in [0, 0.1) is 0 Å². The van der Waals surface area contributed by atoms with Gasteiger partial charge in [-0.2, -0.15) is 0 Å². The van der Waals surface area contributed by atoms with Gasteiger partial charge >= 0.3 is 0 Å². The molecule has 1 atom stereocenters. The van der Waals surface area contributed by atoms with Crippen molar-refractivity contribution < 1.29 is 9.90 Å². The second kappa shape index (κ2) is 8.26. The fourth-order valence-corrected chi connectivity index (χ4v) is 3.37. The lowest BCUT2D eigenvalue weighted by atomic mass is 10.00. The first-order chi connectivity index (χ1) is 10.2. The van der Waals surface area contributed by atoms with E-state index in [-0.39, 0.29) is 18.4 Å². The highest BCUT2D eigenvalue weighted by Gasteiger charge is 2.13. The van der Waals surface area contributed by atoms with Crippen molar-refractivity contribution in [3.8, 4) is 0 Å². The van der Waals surface area contributed by atoms with E-state index in [4.69, 9.17) is 5.11 Å². The molecule has 0 aliphatic rings. The molecule has 21 heavy (non-hydrogen) atoms. The number of aliphatic hydroxyl groups is 1. The Morgan fingerprint density at radius 1 is 1.43 bits per heavy atom. The summed E-state index contributed by atoms with van der Waals surface area (Å²) in [7, 11) is 0. The molecule has 4 nitrogen and oxygen atoms in total. The lowest BCUT2D eigenvalue weighted by Gasteiger charge is -2.14. The summed E-state index contributed by atoms with van der Waals surface area (Å²) in [4.78, 5) is 17.2. The number of aromatic nitrogens is 1. The van der Waals surface area contributed by atoms with Crippen molar-refractivity contribution in [2.75, 3.05) is 13.2 Å². The standard InChI is InChI=1S/C15H17BrN2O2S/c16-13-8-12(9-17-10-13)15(20)18-5-3-11(4-6-19)14-2-1-7-21-14/h1-2,7-11,19H,3-6H2,(H,18,20)/t11-/m0/s1. The molecule has 2 rings (SSSR count). The zero-order valence-corrected chi connectivity index (χ0v) is 13.9. The monoisotopic (exact) mass is 368 g/mol. The van der Waals surface area contributed by atoms with E-state index in [1.54, 1.807) is 29.8 Å². The van der Waals surface area contributed by atoms with Crippen LogP contribution in [0.3, 0.4) is 0 Å². The highest BCUT2D eigenvalue weighted by molar-refractivity contribution is 9.10. The molecule has 2 aromatic rings. The number of carbonyl (C=O) groups excluding carboxylic acids is 1. The quantitative estimate of drug-likeness (QED) is 0.788. The molecule has 1 amide bonds. The molecule has 0 bridgehead atoms. The number of thiophene rings is 1. The van der Waals surface area contributed by atoms with Crippen molar-refractivity contribution in [1.82, 2.24) is 10.3 Å². The average Bonchev–Trinajstić information content (AvgIpc) is 3.00. The zero-order chi connectivity index (χ0) is 15.1. The van der Waals surface area contributed by atoms with Crippen LogP contribution < -0.4 is 5.32 Å². The minimum Gasteiger partial charge on any atom is -0.396 e. The van der Waals surface area contributed by atoms with Gasteiger partial charge in [0.25, 0.3) is 5.91 Å². The summed E-state index contributed by atoms with van der Waals surface area (Å²) in [6, 6.07) is 5.83. The smallest absolute Gasteiger partial charge is 0.252 e. The summed E-state index contributed by atoms with van der Waals surface area (Å²) in [5, 5.41) is 14.1. The van der Waals surface area contributed by atoms with Crippen molar-refractivity contribution in [3.63, 3.8) is 0 Å². The van der Waals surface area contributed by atoms with Gasteiger partial charge in [0, 0.05) is 34.9 Å². The van der Waals surface area contributed by atoms with Gasteiger partial charge in [0.2, 0.25) is 0 Å². The van der Waals surface area contributed by atoms with Crippen molar-refractivity contribution in [2.24, 2.45) is 0 Å². The van der Waals surface area contributed by atoms with E-state index in [1.807, 2.05) is 11.4 Å². The molecule has 0 unspecified atom stereocenters. The van der Waals surface area contributed by atoms with Gasteiger partial charge in [-0.1, -0.05) is 6.07 Å². The molecule has 6 heteroatoms. The Morgan fingerprint density at radius 2 is 2.29 bits per heavy atom. The van der Waals surface area contributed by atoms with Gasteiger partial charge < -0.3 is 10.4 Å². The average molecular weight is 369 g/mol. The van der Waals surface area contributed by atoms with Crippen LogP contribution in [0.4, 0.5) is 0 Å². The molecule has 2 N–H and O–H groups in total. The Morgan fingerprint density at radius 3 is 2.95 bits per heavy atom. The Hall–Kier alpha value is -1.24. The number of amides is 1. The van der Waals surface area contributed by atoms with Gasteiger partial charge in [-0.25, -0.2) is 0 Å². The summed E-state index contributed by atoms with van der Waals surface area (Å²) >= 11 is 4.99. The maximum absolute atomic E-state index is 12.0. The lowest BCUT2D eigenvalue weighted by molar-refractivity contribution is 0.0952. The van der Waals surface area contributed by atoms with Gasteiger partial charge in [-0.05, 0) is 52.2 Å². The second-order valence-corrected chi connectivity index (χ2v) is 6.56. The number of rotatable bonds is 7. The van der Waals surface area contributed by atoms with Crippen LogP contribution in [0.25, 0.3) is 0 Å². The van der Waals surface area contributed by atoms with Gasteiger partial charge in [0.05, 0.1) is 5.56 Å². The Kier molecular flexibility index (Phi) is 6.35. The largest absolute Gasteiger partial charge is 0.396 e. The van der Waals surface area contributed by atoms with Crippen LogP contribution in [-0.4, -0.2) is 29.1 Å². The first-order valence-electron chi connectivity index (χ1n) is 6.73. The number of halogens is 1. The van der Waals surface area contributed by atoms with Gasteiger partial charge in [0.15, 0.2) is 0 Å². The molecular formula is C15H17BrN2O2S. The van der Waals surface area contributed by atoms with Crippen molar-refractivity contribution in [2.45, 2.75) is 18.8 Å². The minimum absolute atomic E-state index is 0.127. The SMILES string of the molecule is O=C(NCC[C@@H](CCO)c1cccs1)c1cncc(Br)c1. The van der Waals surface area contributed by atoms with E-state index in [1.165, 1.54) is 4.88 Å². The van der Waals surface area contributed by atoms with Crippen LogP contribution in [0.5, 0.6) is 0 Å². The third-order valence-electron chi connectivity index (χ3n) is 3.17. The Labute approximate surface area is 136 Å². The van der Waals surface area contributed by atoms with E-state index >= 15 is 0 Å². The predicted molar refractivity (Wildman–Crippen MR) is 87.7 cm³/mol. The summed E-state index contributed by atoms with van der Waals surface area (Å²) in [5.74, 6) is 0.161. The topological polar surface area (TPSA) is 62.2 Å². The number of hydrogen-bond acceptors (Lipinski definition) is 4. The van der Waals surface area contributed by atoms with Crippen molar-refractivity contribution >= 4 is 33.2 Å². The van der Waals surface area contributed by atoms with Crippen LogP contribution in [0.1, 0.15) is 34.0 Å². The van der Waals surface area contributed by atoms with E-state index < -0.39 is 0 Å². The zero-order valence-electron chi connectivity index (χ0n) is 11.5. The van der Waals surface area contributed by atoms with Gasteiger partial charge in [-0.3, -0.25) is 9.78 Å². The summed E-state index contributed by atoms with van der Waals surface area (Å²) < 4.78 is 0.784. The highest BCUT2D eigenvalue weighted by atomic mass is 79.9. The number of hydrogen-bond donors (Lipinski definition) is 2. The fraction of sp³-hybridized carbons (Fsp3) is 0.333. The number of nitrogens with zero attached hydrogens (tertiary/aromatic N) is 1. The second-order valence-electron chi connectivity index (χ2n) is 4.66. The predicted octanol–water partition coefficient (Wildman–Crippen LogP) is 3.19. The maximum Gasteiger partial charge on any atom is 0.252 e. The molecule has 112 valence electrons. The third kappa shape index (κ3) is 4.91. The molecule has 2 aromatic heterocycles. The highest BCUT2D eigenvalue weighted by Crippen LogP contribution is 2.26. The fourth-order valence-electron chi connectivity index (χ4n) is 2.11. The molecular weight excluding hydrogens is 352 g/mol. The summed E-state index contributed by atoms with van der Waals surface area (Å²) in [5.41, 5.74) is 0.541. The van der Waals surface area contributed by atoms with E-state index in [9.17, 15) is 4.79 Å². The molecule has 0 spiro atoms. The summed E-state index contributed by atoms with van der Waals surface area (Å²) in [6.07, 6.45) is 4.72. The number of nitrogens with one attached hydrogen (secondary N) is 1. The first-order valence-corrected chi connectivity index (χ1v) is 8.41. The third-order valence-corrected chi connectivity index (χ3v) is 4.64. The minimum atomic E-state index is -0.127.